The molecule has 1 N–H and O–H groups in total. The lowest BCUT2D eigenvalue weighted by molar-refractivity contribution is -0.145. The molecule has 48 heavy (non-hydrogen) atoms. The van der Waals surface area contributed by atoms with E-state index in [-0.39, 0.29) is 30.9 Å². The van der Waals surface area contributed by atoms with Crippen LogP contribution in [-0.2, 0) is 25.7 Å². The van der Waals surface area contributed by atoms with Crippen molar-refractivity contribution in [1.82, 2.24) is 9.80 Å². The number of carbonyl (C=O) groups is 3. The SMILES string of the molecule is C=CCN(Cc1ccccc1)C(=O)[C@@H]1[C@H]2C(=O)N(CCCCCCO)C(C(=O)N(CC=C)c3ccc(N(CC)CC)cc3)C23CC[C@H]1O3. The number of fused-ring (bicyclic) bond motifs is 1. The highest BCUT2D eigenvalue weighted by atomic mass is 16.5. The second-order valence-electron chi connectivity index (χ2n) is 13.1. The molecule has 2 unspecified atom stereocenters. The van der Waals surface area contributed by atoms with Crippen molar-refractivity contribution in [3.63, 3.8) is 0 Å². The van der Waals surface area contributed by atoms with Gasteiger partial charge in [-0.1, -0.05) is 55.3 Å². The third-order valence-corrected chi connectivity index (χ3v) is 10.4. The van der Waals surface area contributed by atoms with Crippen molar-refractivity contribution in [3.05, 3.63) is 85.5 Å². The van der Waals surface area contributed by atoms with Crippen molar-refractivity contribution in [2.24, 2.45) is 11.8 Å². The van der Waals surface area contributed by atoms with Crippen LogP contribution < -0.4 is 9.80 Å². The molecule has 2 aromatic carbocycles. The Morgan fingerprint density at radius 1 is 0.938 bits per heavy atom. The molecule has 0 saturated carbocycles. The zero-order chi connectivity index (χ0) is 34.3. The first-order chi connectivity index (χ1) is 23.3. The number of amides is 3. The highest BCUT2D eigenvalue weighted by Crippen LogP contribution is 2.59. The maximum atomic E-state index is 14.9. The van der Waals surface area contributed by atoms with Crippen molar-refractivity contribution in [1.29, 1.82) is 0 Å². The zero-order valence-electron chi connectivity index (χ0n) is 28.6. The summed E-state index contributed by atoms with van der Waals surface area (Å²) < 4.78 is 6.77. The summed E-state index contributed by atoms with van der Waals surface area (Å²) in [5.41, 5.74) is 1.71. The minimum Gasteiger partial charge on any atom is -0.396 e. The predicted octanol–water partition coefficient (Wildman–Crippen LogP) is 5.19. The molecule has 2 aromatic rings. The number of unbranched alkanes of at least 4 members (excludes halogenated alkanes) is 3. The van der Waals surface area contributed by atoms with E-state index in [0.29, 0.717) is 45.3 Å². The Balaban J connectivity index is 1.48. The number of carbonyl (C=O) groups excluding carboxylic acids is 3. The number of aliphatic hydroxyl groups is 1. The first kappa shape index (κ1) is 35.4. The van der Waals surface area contributed by atoms with Crippen LogP contribution in [0.1, 0.15) is 57.9 Å². The first-order valence-corrected chi connectivity index (χ1v) is 17.6. The van der Waals surface area contributed by atoms with Crippen molar-refractivity contribution in [2.75, 3.05) is 49.1 Å². The maximum Gasteiger partial charge on any atom is 0.253 e. The monoisotopic (exact) mass is 656 g/mol. The van der Waals surface area contributed by atoms with Crippen LogP contribution in [0, 0.1) is 11.8 Å². The van der Waals surface area contributed by atoms with E-state index in [2.05, 4.69) is 31.9 Å². The molecule has 3 saturated heterocycles. The van der Waals surface area contributed by atoms with Gasteiger partial charge in [0.1, 0.15) is 11.6 Å². The van der Waals surface area contributed by atoms with E-state index in [1.54, 1.807) is 26.9 Å². The van der Waals surface area contributed by atoms with Crippen LogP contribution >= 0.6 is 0 Å². The van der Waals surface area contributed by atoms with E-state index >= 15 is 0 Å². The van der Waals surface area contributed by atoms with Gasteiger partial charge in [0.15, 0.2) is 0 Å². The summed E-state index contributed by atoms with van der Waals surface area (Å²) in [6, 6.07) is 16.9. The number of aliphatic hydroxyl groups excluding tert-OH is 1. The fourth-order valence-corrected chi connectivity index (χ4v) is 8.14. The molecule has 1 spiro atoms. The van der Waals surface area contributed by atoms with Gasteiger partial charge in [0.05, 0.1) is 17.9 Å². The van der Waals surface area contributed by atoms with Crippen LogP contribution in [-0.4, -0.2) is 89.7 Å². The molecule has 0 aromatic heterocycles. The molecule has 9 heteroatoms. The minimum absolute atomic E-state index is 0.127. The molecule has 2 bridgehead atoms. The molecule has 0 aliphatic carbocycles. The fourth-order valence-electron chi connectivity index (χ4n) is 8.14. The van der Waals surface area contributed by atoms with Gasteiger partial charge in [-0.15, -0.1) is 13.2 Å². The van der Waals surface area contributed by atoms with Gasteiger partial charge in [0.25, 0.3) is 5.91 Å². The average molecular weight is 657 g/mol. The van der Waals surface area contributed by atoms with Crippen LogP contribution in [0.3, 0.4) is 0 Å². The van der Waals surface area contributed by atoms with Crippen LogP contribution in [0.2, 0.25) is 0 Å². The number of nitrogens with zero attached hydrogens (tertiary/aromatic N) is 4. The summed E-state index contributed by atoms with van der Waals surface area (Å²) in [7, 11) is 0. The topological polar surface area (TPSA) is 93.6 Å². The number of anilines is 2. The van der Waals surface area contributed by atoms with Gasteiger partial charge in [-0.05, 0) is 69.4 Å². The lowest BCUT2D eigenvalue weighted by Gasteiger charge is -2.37. The minimum atomic E-state index is -1.09. The standard InChI is InChI=1S/C39H52N4O5/c1-5-24-41(28-29-16-12-11-13-17-29)36(45)33-32-22-23-39(48-32)34(33)37(46)43(26-14-9-10-15-27-44)35(39)38(47)42(25-6-2)31-20-18-30(19-21-31)40(7-3)8-4/h5-6,11-13,16-21,32-35,44H,1-2,7-10,14-15,22-28H2,3-4H3/t32-,33+,34+,35?,39?/m1/s1. The van der Waals surface area contributed by atoms with Crippen molar-refractivity contribution in [2.45, 2.75) is 76.7 Å². The van der Waals surface area contributed by atoms with Gasteiger partial charge < -0.3 is 29.4 Å². The summed E-state index contributed by atoms with van der Waals surface area (Å²) in [6.07, 6.45) is 7.18. The van der Waals surface area contributed by atoms with Crippen molar-refractivity contribution in [3.8, 4) is 0 Å². The number of likely N-dealkylation sites (tertiary alicyclic amines) is 1. The fraction of sp³-hybridized carbons (Fsp3) is 0.513. The second-order valence-corrected chi connectivity index (χ2v) is 13.1. The highest BCUT2D eigenvalue weighted by Gasteiger charge is 2.74. The predicted molar refractivity (Wildman–Crippen MR) is 189 cm³/mol. The summed E-state index contributed by atoms with van der Waals surface area (Å²) >= 11 is 0. The first-order valence-electron chi connectivity index (χ1n) is 17.6. The molecule has 258 valence electrons. The Labute approximate surface area is 285 Å². The third kappa shape index (κ3) is 6.80. The van der Waals surface area contributed by atoms with E-state index in [4.69, 9.17) is 4.74 Å². The van der Waals surface area contributed by atoms with Gasteiger partial charge >= 0.3 is 0 Å². The Bertz CT molecular complexity index is 1430. The molecule has 9 nitrogen and oxygen atoms in total. The Kier molecular flexibility index (Phi) is 11.8. The third-order valence-electron chi connectivity index (χ3n) is 10.4. The van der Waals surface area contributed by atoms with Gasteiger partial charge in [0.2, 0.25) is 11.8 Å². The van der Waals surface area contributed by atoms with E-state index in [1.807, 2.05) is 54.6 Å². The lowest BCUT2D eigenvalue weighted by Crippen LogP contribution is -2.56. The van der Waals surface area contributed by atoms with Crippen LogP contribution in [0.15, 0.2) is 79.9 Å². The average Bonchev–Trinajstić information content (AvgIpc) is 3.75. The van der Waals surface area contributed by atoms with E-state index in [9.17, 15) is 19.5 Å². The van der Waals surface area contributed by atoms with Crippen LogP contribution in [0.4, 0.5) is 11.4 Å². The zero-order valence-corrected chi connectivity index (χ0v) is 28.6. The smallest absolute Gasteiger partial charge is 0.253 e. The van der Waals surface area contributed by atoms with Gasteiger partial charge in [-0.3, -0.25) is 14.4 Å². The van der Waals surface area contributed by atoms with E-state index in [0.717, 1.165) is 42.9 Å². The van der Waals surface area contributed by atoms with Gasteiger partial charge in [-0.2, -0.15) is 0 Å². The number of rotatable bonds is 18. The van der Waals surface area contributed by atoms with Crippen LogP contribution in [0.25, 0.3) is 0 Å². The molecular weight excluding hydrogens is 604 g/mol. The number of benzene rings is 2. The largest absolute Gasteiger partial charge is 0.396 e. The molecule has 0 radical (unpaired) electrons. The molecule has 3 aliphatic rings. The number of hydrogen-bond donors (Lipinski definition) is 1. The normalized spacial score (nSPS) is 24.0. The molecule has 5 rings (SSSR count). The Morgan fingerprint density at radius 2 is 1.60 bits per heavy atom. The quantitative estimate of drug-likeness (QED) is 0.175. The number of ether oxygens (including phenoxy) is 1. The highest BCUT2D eigenvalue weighted by molar-refractivity contribution is 6.05. The van der Waals surface area contributed by atoms with Gasteiger partial charge in [-0.25, -0.2) is 0 Å². The molecule has 3 amide bonds. The molecule has 3 fully saturated rings. The lowest BCUT2D eigenvalue weighted by atomic mass is 9.70. The summed E-state index contributed by atoms with van der Waals surface area (Å²) in [4.78, 5) is 51.3. The van der Waals surface area contributed by atoms with Crippen molar-refractivity contribution >= 4 is 29.1 Å². The second kappa shape index (κ2) is 16.0. The van der Waals surface area contributed by atoms with Gasteiger partial charge in [0, 0.05) is 57.3 Å². The summed E-state index contributed by atoms with van der Waals surface area (Å²) in [5, 5.41) is 9.28. The van der Waals surface area contributed by atoms with E-state index in [1.165, 1.54) is 0 Å². The molecule has 3 aliphatic heterocycles. The molecular formula is C39H52N4O5. The van der Waals surface area contributed by atoms with Crippen LogP contribution in [0.5, 0.6) is 0 Å². The number of hydrogen-bond acceptors (Lipinski definition) is 6. The Hall–Kier alpha value is -3.95. The summed E-state index contributed by atoms with van der Waals surface area (Å²) in [5.74, 6) is -1.93. The Morgan fingerprint density at radius 3 is 2.25 bits per heavy atom. The summed E-state index contributed by atoms with van der Waals surface area (Å²) in [6.45, 7) is 15.3. The van der Waals surface area contributed by atoms with E-state index < -0.39 is 29.6 Å². The molecule has 5 atom stereocenters. The van der Waals surface area contributed by atoms with Crippen molar-refractivity contribution < 1.29 is 24.2 Å². The maximum absolute atomic E-state index is 14.9. The molecule has 3 heterocycles.